The number of halogens is 1. The fraction of sp³-hybridized carbons (Fsp3) is 0.333. The molecule has 17 heavy (non-hydrogen) atoms. The Morgan fingerprint density at radius 2 is 2.12 bits per heavy atom. The first kappa shape index (κ1) is 10.4. The topological polar surface area (TPSA) is 51.0 Å². The highest BCUT2D eigenvalue weighted by atomic mass is 19.1. The predicted octanol–water partition coefficient (Wildman–Crippen LogP) is 2.11. The fourth-order valence-electron chi connectivity index (χ4n) is 1.96. The van der Waals surface area contributed by atoms with Gasteiger partial charge in [0, 0.05) is 18.5 Å². The van der Waals surface area contributed by atoms with Crippen LogP contribution in [0.2, 0.25) is 0 Å². The summed E-state index contributed by atoms with van der Waals surface area (Å²) in [7, 11) is 0. The SMILES string of the molecule is FC1CNC(c2nc(-c3ccccc3)no2)C1. The van der Waals surface area contributed by atoms with E-state index in [9.17, 15) is 4.39 Å². The van der Waals surface area contributed by atoms with Crippen LogP contribution in [0.4, 0.5) is 4.39 Å². The van der Waals surface area contributed by atoms with Crippen molar-refractivity contribution in [3.63, 3.8) is 0 Å². The van der Waals surface area contributed by atoms with Gasteiger partial charge in [0.25, 0.3) is 0 Å². The van der Waals surface area contributed by atoms with Crippen molar-refractivity contribution in [1.82, 2.24) is 15.5 Å². The van der Waals surface area contributed by atoms with E-state index in [0.29, 0.717) is 24.7 Å². The molecular formula is C12H12FN3O. The van der Waals surface area contributed by atoms with Gasteiger partial charge in [-0.1, -0.05) is 35.5 Å². The first-order valence-corrected chi connectivity index (χ1v) is 5.59. The maximum atomic E-state index is 13.0. The molecule has 1 saturated heterocycles. The van der Waals surface area contributed by atoms with Crippen LogP contribution in [-0.2, 0) is 0 Å². The van der Waals surface area contributed by atoms with Crippen LogP contribution >= 0.6 is 0 Å². The summed E-state index contributed by atoms with van der Waals surface area (Å²) in [5.41, 5.74) is 0.900. The molecule has 1 aliphatic heterocycles. The Kier molecular flexibility index (Phi) is 2.60. The van der Waals surface area contributed by atoms with Crippen molar-refractivity contribution < 1.29 is 8.91 Å². The fourth-order valence-corrected chi connectivity index (χ4v) is 1.96. The molecule has 0 bridgehead atoms. The zero-order chi connectivity index (χ0) is 11.7. The lowest BCUT2D eigenvalue weighted by atomic mass is 10.2. The Morgan fingerprint density at radius 1 is 1.29 bits per heavy atom. The third-order valence-electron chi connectivity index (χ3n) is 2.85. The van der Waals surface area contributed by atoms with Crippen molar-refractivity contribution in [3.05, 3.63) is 36.2 Å². The molecule has 5 heteroatoms. The molecule has 1 N–H and O–H groups in total. The average Bonchev–Trinajstić information content (AvgIpc) is 2.98. The molecule has 1 fully saturated rings. The number of nitrogens with zero attached hydrogens (tertiary/aromatic N) is 2. The maximum absolute atomic E-state index is 13.0. The van der Waals surface area contributed by atoms with Crippen LogP contribution < -0.4 is 5.32 Å². The number of alkyl halides is 1. The molecule has 0 saturated carbocycles. The van der Waals surface area contributed by atoms with Gasteiger partial charge in [0.05, 0.1) is 6.04 Å². The van der Waals surface area contributed by atoms with Crippen molar-refractivity contribution in [1.29, 1.82) is 0 Å². The first-order valence-electron chi connectivity index (χ1n) is 5.59. The molecule has 0 radical (unpaired) electrons. The van der Waals surface area contributed by atoms with E-state index in [1.54, 1.807) is 0 Å². The van der Waals surface area contributed by atoms with Crippen LogP contribution in [0.15, 0.2) is 34.9 Å². The summed E-state index contributed by atoms with van der Waals surface area (Å²) in [5, 5.41) is 6.92. The van der Waals surface area contributed by atoms with E-state index in [1.165, 1.54) is 0 Å². The van der Waals surface area contributed by atoms with E-state index in [4.69, 9.17) is 4.52 Å². The van der Waals surface area contributed by atoms with Crippen LogP contribution in [0.5, 0.6) is 0 Å². The van der Waals surface area contributed by atoms with Crippen molar-refractivity contribution in [3.8, 4) is 11.4 Å². The molecule has 1 aromatic carbocycles. The lowest BCUT2D eigenvalue weighted by Gasteiger charge is -2.01. The number of benzene rings is 1. The average molecular weight is 233 g/mol. The van der Waals surface area contributed by atoms with Crippen molar-refractivity contribution in [2.45, 2.75) is 18.6 Å². The van der Waals surface area contributed by atoms with E-state index < -0.39 is 6.17 Å². The van der Waals surface area contributed by atoms with Gasteiger partial charge in [-0.05, 0) is 0 Å². The van der Waals surface area contributed by atoms with Crippen LogP contribution in [0.25, 0.3) is 11.4 Å². The van der Waals surface area contributed by atoms with Crippen molar-refractivity contribution in [2.24, 2.45) is 0 Å². The molecule has 4 nitrogen and oxygen atoms in total. The number of rotatable bonds is 2. The first-order chi connectivity index (χ1) is 8.33. The van der Waals surface area contributed by atoms with E-state index in [2.05, 4.69) is 15.5 Å². The highest BCUT2D eigenvalue weighted by Gasteiger charge is 2.29. The molecule has 0 spiro atoms. The molecular weight excluding hydrogens is 221 g/mol. The molecule has 2 atom stereocenters. The summed E-state index contributed by atoms with van der Waals surface area (Å²) in [6.07, 6.45) is -0.428. The van der Waals surface area contributed by atoms with Gasteiger partial charge in [0.15, 0.2) is 0 Å². The summed E-state index contributed by atoms with van der Waals surface area (Å²) >= 11 is 0. The molecule has 1 aromatic heterocycles. The number of hydrogen-bond acceptors (Lipinski definition) is 4. The van der Waals surface area contributed by atoms with Gasteiger partial charge in [0.1, 0.15) is 6.17 Å². The van der Waals surface area contributed by atoms with Crippen LogP contribution in [0.1, 0.15) is 18.4 Å². The molecule has 0 amide bonds. The minimum atomic E-state index is -0.827. The minimum absolute atomic E-state index is 0.157. The minimum Gasteiger partial charge on any atom is -0.337 e. The normalized spacial score (nSPS) is 24.1. The molecule has 2 aromatic rings. The molecule has 0 aliphatic carbocycles. The molecule has 3 rings (SSSR count). The Hall–Kier alpha value is -1.75. The Labute approximate surface area is 97.8 Å². The zero-order valence-electron chi connectivity index (χ0n) is 9.14. The monoisotopic (exact) mass is 233 g/mol. The van der Waals surface area contributed by atoms with E-state index >= 15 is 0 Å². The Bertz CT molecular complexity index is 499. The van der Waals surface area contributed by atoms with Gasteiger partial charge in [-0.15, -0.1) is 0 Å². The second kappa shape index (κ2) is 4.25. The van der Waals surface area contributed by atoms with E-state index in [1.807, 2.05) is 30.3 Å². The van der Waals surface area contributed by atoms with Crippen molar-refractivity contribution in [2.75, 3.05) is 6.54 Å². The zero-order valence-corrected chi connectivity index (χ0v) is 9.14. The lowest BCUT2D eigenvalue weighted by Crippen LogP contribution is -2.14. The second-order valence-corrected chi connectivity index (χ2v) is 4.12. The van der Waals surface area contributed by atoms with Gasteiger partial charge in [-0.25, -0.2) is 4.39 Å². The summed E-state index contributed by atoms with van der Waals surface area (Å²) in [5.74, 6) is 1.01. The third kappa shape index (κ3) is 2.06. The highest BCUT2D eigenvalue weighted by Crippen LogP contribution is 2.25. The molecule has 88 valence electrons. The molecule has 1 aliphatic rings. The highest BCUT2D eigenvalue weighted by molar-refractivity contribution is 5.53. The molecule has 2 heterocycles. The third-order valence-corrected chi connectivity index (χ3v) is 2.85. The standard InChI is InChI=1S/C12H12FN3O/c13-9-6-10(14-7-9)12-15-11(16-17-12)8-4-2-1-3-5-8/h1-5,9-10,14H,6-7H2. The quantitative estimate of drug-likeness (QED) is 0.863. The summed E-state index contributed by atoms with van der Waals surface area (Å²) in [6.45, 7) is 0.355. The molecule has 2 unspecified atom stereocenters. The van der Waals surface area contributed by atoms with E-state index in [0.717, 1.165) is 5.56 Å². The number of hydrogen-bond donors (Lipinski definition) is 1. The van der Waals surface area contributed by atoms with Gasteiger partial charge >= 0.3 is 0 Å². The summed E-state index contributed by atoms with van der Waals surface area (Å²) in [4.78, 5) is 4.29. The Balaban J connectivity index is 1.84. The number of nitrogens with one attached hydrogen (secondary N) is 1. The second-order valence-electron chi connectivity index (χ2n) is 4.12. The Morgan fingerprint density at radius 3 is 2.82 bits per heavy atom. The van der Waals surface area contributed by atoms with Crippen LogP contribution in [0.3, 0.4) is 0 Å². The van der Waals surface area contributed by atoms with Gasteiger partial charge < -0.3 is 9.84 Å². The maximum Gasteiger partial charge on any atom is 0.244 e. The van der Waals surface area contributed by atoms with Crippen LogP contribution in [-0.4, -0.2) is 22.9 Å². The largest absolute Gasteiger partial charge is 0.337 e. The summed E-state index contributed by atoms with van der Waals surface area (Å²) < 4.78 is 18.2. The predicted molar refractivity (Wildman–Crippen MR) is 60.0 cm³/mol. The van der Waals surface area contributed by atoms with Crippen LogP contribution in [0, 0.1) is 0 Å². The number of aromatic nitrogens is 2. The van der Waals surface area contributed by atoms with Gasteiger partial charge in [-0.3, -0.25) is 0 Å². The summed E-state index contributed by atoms with van der Waals surface area (Å²) in [6, 6.07) is 9.42. The lowest BCUT2D eigenvalue weighted by molar-refractivity contribution is 0.324. The van der Waals surface area contributed by atoms with E-state index in [-0.39, 0.29) is 6.04 Å². The van der Waals surface area contributed by atoms with Crippen molar-refractivity contribution >= 4 is 0 Å². The van der Waals surface area contributed by atoms with Gasteiger partial charge in [0.2, 0.25) is 11.7 Å². The van der Waals surface area contributed by atoms with Gasteiger partial charge in [-0.2, -0.15) is 4.98 Å². The smallest absolute Gasteiger partial charge is 0.244 e.